The standard InChI is InChI=1S/C15H14ClN3O/c1-9-7-10(4-5-12(9)16)13-14(17)19-6-2-3-11(8-20)15(19)18-13/h2-7,20H,8,17H2,1H3. The van der Waals surface area contributed by atoms with Gasteiger partial charge in [0.15, 0.2) is 0 Å². The number of nitrogen functional groups attached to an aromatic ring is 1. The molecule has 20 heavy (non-hydrogen) atoms. The summed E-state index contributed by atoms with van der Waals surface area (Å²) < 4.78 is 1.78. The number of nitrogens with two attached hydrogens (primary N) is 1. The van der Waals surface area contributed by atoms with Crippen molar-refractivity contribution >= 4 is 23.1 Å². The van der Waals surface area contributed by atoms with Crippen LogP contribution in [-0.2, 0) is 6.61 Å². The van der Waals surface area contributed by atoms with Gasteiger partial charge in [0.2, 0.25) is 0 Å². The fourth-order valence-corrected chi connectivity index (χ4v) is 2.39. The predicted octanol–water partition coefficient (Wildman–Crippen LogP) is 3.04. The number of aromatic nitrogens is 2. The number of aryl methyl sites for hydroxylation is 1. The Hall–Kier alpha value is -2.04. The Bertz CT molecular complexity index is 795. The summed E-state index contributed by atoms with van der Waals surface area (Å²) in [7, 11) is 0. The molecule has 4 nitrogen and oxygen atoms in total. The molecule has 0 aliphatic heterocycles. The van der Waals surface area contributed by atoms with Crippen LogP contribution in [0.1, 0.15) is 11.1 Å². The van der Waals surface area contributed by atoms with Crippen LogP contribution in [0.15, 0.2) is 36.5 Å². The molecule has 0 unspecified atom stereocenters. The molecular weight excluding hydrogens is 274 g/mol. The molecule has 0 saturated heterocycles. The zero-order valence-electron chi connectivity index (χ0n) is 11.0. The van der Waals surface area contributed by atoms with E-state index in [0.717, 1.165) is 16.7 Å². The highest BCUT2D eigenvalue weighted by molar-refractivity contribution is 6.31. The molecule has 3 rings (SSSR count). The van der Waals surface area contributed by atoms with Gasteiger partial charge < -0.3 is 10.8 Å². The molecular formula is C15H14ClN3O. The topological polar surface area (TPSA) is 63.5 Å². The summed E-state index contributed by atoms with van der Waals surface area (Å²) in [6, 6.07) is 9.36. The van der Waals surface area contributed by atoms with Crippen LogP contribution in [0.2, 0.25) is 5.02 Å². The van der Waals surface area contributed by atoms with E-state index < -0.39 is 0 Å². The van der Waals surface area contributed by atoms with Gasteiger partial charge in [0.05, 0.1) is 6.61 Å². The zero-order valence-corrected chi connectivity index (χ0v) is 11.7. The minimum atomic E-state index is -0.0696. The Balaban J connectivity index is 2.26. The molecule has 0 bridgehead atoms. The van der Waals surface area contributed by atoms with Crippen molar-refractivity contribution in [3.63, 3.8) is 0 Å². The largest absolute Gasteiger partial charge is 0.392 e. The van der Waals surface area contributed by atoms with Gasteiger partial charge in [-0.1, -0.05) is 23.7 Å². The van der Waals surface area contributed by atoms with Crippen molar-refractivity contribution in [2.45, 2.75) is 13.5 Å². The van der Waals surface area contributed by atoms with E-state index >= 15 is 0 Å². The molecule has 2 heterocycles. The van der Waals surface area contributed by atoms with Crippen molar-refractivity contribution in [2.75, 3.05) is 5.73 Å². The van der Waals surface area contributed by atoms with Crippen LogP contribution < -0.4 is 5.73 Å². The molecule has 1 aromatic carbocycles. The first-order valence-corrected chi connectivity index (χ1v) is 6.62. The SMILES string of the molecule is Cc1cc(-c2nc3c(CO)cccn3c2N)ccc1Cl. The van der Waals surface area contributed by atoms with E-state index in [0.29, 0.717) is 22.2 Å². The Morgan fingerprint density at radius 2 is 2.15 bits per heavy atom. The number of imidazole rings is 1. The molecule has 3 aromatic rings. The number of rotatable bonds is 2. The minimum Gasteiger partial charge on any atom is -0.392 e. The first kappa shape index (κ1) is 13.0. The zero-order chi connectivity index (χ0) is 14.3. The number of fused-ring (bicyclic) bond motifs is 1. The lowest BCUT2D eigenvalue weighted by Gasteiger charge is -2.02. The van der Waals surface area contributed by atoms with E-state index in [1.807, 2.05) is 43.5 Å². The Morgan fingerprint density at radius 3 is 2.85 bits per heavy atom. The van der Waals surface area contributed by atoms with Crippen molar-refractivity contribution in [3.05, 3.63) is 52.7 Å². The molecule has 0 aliphatic rings. The average Bonchev–Trinajstić information content (AvgIpc) is 2.79. The number of aliphatic hydroxyl groups is 1. The van der Waals surface area contributed by atoms with E-state index in [1.54, 1.807) is 4.40 Å². The quantitative estimate of drug-likeness (QED) is 0.761. The van der Waals surface area contributed by atoms with Gasteiger partial charge in [0, 0.05) is 22.3 Å². The molecule has 0 atom stereocenters. The molecule has 5 heteroatoms. The van der Waals surface area contributed by atoms with E-state index in [9.17, 15) is 5.11 Å². The lowest BCUT2D eigenvalue weighted by Crippen LogP contribution is -1.96. The smallest absolute Gasteiger partial charge is 0.144 e. The van der Waals surface area contributed by atoms with E-state index in [-0.39, 0.29) is 6.61 Å². The maximum absolute atomic E-state index is 9.38. The monoisotopic (exact) mass is 287 g/mol. The van der Waals surface area contributed by atoms with Crippen molar-refractivity contribution in [1.82, 2.24) is 9.38 Å². The van der Waals surface area contributed by atoms with Gasteiger partial charge in [-0.3, -0.25) is 4.40 Å². The van der Waals surface area contributed by atoms with Gasteiger partial charge in [-0.15, -0.1) is 0 Å². The summed E-state index contributed by atoms with van der Waals surface area (Å²) in [4.78, 5) is 4.56. The fraction of sp³-hybridized carbons (Fsp3) is 0.133. The second kappa shape index (κ2) is 4.81. The third kappa shape index (κ3) is 1.94. The summed E-state index contributed by atoms with van der Waals surface area (Å²) in [5, 5.41) is 10.1. The molecule has 2 aromatic heterocycles. The summed E-state index contributed by atoms with van der Waals surface area (Å²) in [5.74, 6) is 0.553. The van der Waals surface area contributed by atoms with Crippen LogP contribution >= 0.6 is 11.6 Å². The number of hydrogen-bond acceptors (Lipinski definition) is 3. The Morgan fingerprint density at radius 1 is 1.35 bits per heavy atom. The van der Waals surface area contributed by atoms with E-state index in [1.165, 1.54) is 0 Å². The van der Waals surface area contributed by atoms with Crippen LogP contribution in [0.4, 0.5) is 5.82 Å². The van der Waals surface area contributed by atoms with Crippen LogP contribution in [0.5, 0.6) is 0 Å². The van der Waals surface area contributed by atoms with Crippen LogP contribution in [0.25, 0.3) is 16.9 Å². The van der Waals surface area contributed by atoms with E-state index in [4.69, 9.17) is 17.3 Å². The third-order valence-corrected chi connectivity index (χ3v) is 3.79. The van der Waals surface area contributed by atoms with Crippen LogP contribution in [0.3, 0.4) is 0 Å². The number of anilines is 1. The maximum atomic E-state index is 9.38. The minimum absolute atomic E-state index is 0.0696. The molecule has 3 N–H and O–H groups in total. The predicted molar refractivity (Wildman–Crippen MR) is 80.7 cm³/mol. The molecule has 0 saturated carbocycles. The number of halogens is 1. The lowest BCUT2D eigenvalue weighted by atomic mass is 10.1. The van der Waals surface area contributed by atoms with E-state index in [2.05, 4.69) is 4.98 Å². The van der Waals surface area contributed by atoms with Crippen molar-refractivity contribution in [3.8, 4) is 11.3 Å². The second-order valence-corrected chi connectivity index (χ2v) is 5.10. The van der Waals surface area contributed by atoms with Crippen LogP contribution in [-0.4, -0.2) is 14.5 Å². The molecule has 0 radical (unpaired) electrons. The molecule has 0 spiro atoms. The van der Waals surface area contributed by atoms with Gasteiger partial charge in [-0.25, -0.2) is 4.98 Å². The van der Waals surface area contributed by atoms with Crippen molar-refractivity contribution in [2.24, 2.45) is 0 Å². The number of aliphatic hydroxyl groups excluding tert-OH is 1. The van der Waals surface area contributed by atoms with Gasteiger partial charge in [0.25, 0.3) is 0 Å². The first-order valence-electron chi connectivity index (χ1n) is 6.24. The number of benzene rings is 1. The third-order valence-electron chi connectivity index (χ3n) is 3.37. The van der Waals surface area contributed by atoms with Crippen molar-refractivity contribution < 1.29 is 5.11 Å². The Kier molecular flexibility index (Phi) is 3.12. The number of nitrogens with zero attached hydrogens (tertiary/aromatic N) is 2. The number of hydrogen-bond donors (Lipinski definition) is 2. The Labute approximate surface area is 121 Å². The number of pyridine rings is 1. The lowest BCUT2D eigenvalue weighted by molar-refractivity contribution is 0.282. The van der Waals surface area contributed by atoms with Gasteiger partial charge in [-0.2, -0.15) is 0 Å². The summed E-state index contributed by atoms with van der Waals surface area (Å²) in [6.45, 7) is 1.87. The second-order valence-electron chi connectivity index (χ2n) is 4.69. The molecule has 102 valence electrons. The normalized spacial score (nSPS) is 11.2. The summed E-state index contributed by atoms with van der Waals surface area (Å²) in [6.07, 6.45) is 1.84. The highest BCUT2D eigenvalue weighted by Gasteiger charge is 2.14. The highest BCUT2D eigenvalue weighted by Crippen LogP contribution is 2.30. The fourth-order valence-electron chi connectivity index (χ4n) is 2.27. The molecule has 0 fully saturated rings. The van der Waals surface area contributed by atoms with Gasteiger partial charge in [-0.05, 0) is 30.7 Å². The molecule has 0 amide bonds. The molecule has 0 aliphatic carbocycles. The summed E-state index contributed by atoms with van der Waals surface area (Å²) >= 11 is 6.04. The average molecular weight is 288 g/mol. The summed E-state index contributed by atoms with van der Waals surface area (Å²) in [5.41, 5.74) is 10.2. The van der Waals surface area contributed by atoms with Gasteiger partial charge >= 0.3 is 0 Å². The van der Waals surface area contributed by atoms with Gasteiger partial charge in [0.1, 0.15) is 17.2 Å². The van der Waals surface area contributed by atoms with Crippen molar-refractivity contribution in [1.29, 1.82) is 0 Å². The highest BCUT2D eigenvalue weighted by atomic mass is 35.5. The first-order chi connectivity index (χ1) is 9.61. The maximum Gasteiger partial charge on any atom is 0.144 e. The van der Waals surface area contributed by atoms with Crippen LogP contribution in [0, 0.1) is 6.92 Å².